The number of rotatable bonds is 4. The Hall–Kier alpha value is -3.47. The fraction of sp³-hybridized carbons (Fsp3) is 0.0952. The van der Waals surface area contributed by atoms with Crippen molar-refractivity contribution in [2.24, 2.45) is 0 Å². The van der Waals surface area contributed by atoms with Crippen LogP contribution in [0.3, 0.4) is 0 Å². The Bertz CT molecular complexity index is 978. The molecule has 0 aliphatic heterocycles. The quantitative estimate of drug-likeness (QED) is 0.489. The summed E-state index contributed by atoms with van der Waals surface area (Å²) in [7, 11) is 0. The first-order valence-corrected chi connectivity index (χ1v) is 8.24. The van der Waals surface area contributed by atoms with Crippen LogP contribution in [0.4, 0.5) is 11.4 Å². The highest BCUT2D eigenvalue weighted by atomic mass is 16.1. The number of nitrogens with two attached hydrogens (primary N) is 1. The molecule has 1 aromatic heterocycles. The molecule has 1 heterocycles. The topological polar surface area (TPSA) is 91.9 Å². The summed E-state index contributed by atoms with van der Waals surface area (Å²) in [5.41, 5.74) is 11.6. The highest BCUT2D eigenvalue weighted by molar-refractivity contribution is 6.04. The molecule has 1 amide bonds. The summed E-state index contributed by atoms with van der Waals surface area (Å²) in [6.45, 7) is 3.85. The average molecular weight is 344 g/mol. The average Bonchev–Trinajstić information content (AvgIpc) is 2.64. The second kappa shape index (κ2) is 7.19. The number of nitrogen functional groups attached to an aromatic ring is 1. The van der Waals surface area contributed by atoms with Gasteiger partial charge in [0.25, 0.3) is 5.91 Å². The minimum Gasteiger partial charge on any atom is -0.398 e. The normalized spacial score (nSPS) is 10.4. The van der Waals surface area contributed by atoms with Crippen LogP contribution in [0.5, 0.6) is 0 Å². The molecule has 0 spiro atoms. The Morgan fingerprint density at radius 2 is 1.81 bits per heavy atom. The second-order valence-electron chi connectivity index (χ2n) is 6.17. The SMILES string of the molecule is Cc1ccc(NC(=O)c2nc(-c3ccc(C=N)c(N)c3)ccc2C)cc1. The Kier molecular flexibility index (Phi) is 4.80. The standard InChI is InChI=1S/C21H20N4O/c1-13-3-8-17(9-4-13)24-21(26)20-14(2)5-10-19(25-20)15-6-7-16(12-22)18(23)11-15/h3-12,22H,23H2,1-2H3,(H,24,26). The van der Waals surface area contributed by atoms with E-state index >= 15 is 0 Å². The molecule has 5 heteroatoms. The van der Waals surface area contributed by atoms with E-state index in [4.69, 9.17) is 11.1 Å². The lowest BCUT2D eigenvalue weighted by Gasteiger charge is -2.10. The van der Waals surface area contributed by atoms with E-state index < -0.39 is 0 Å². The summed E-state index contributed by atoms with van der Waals surface area (Å²) in [5.74, 6) is -0.253. The molecule has 3 rings (SSSR count). The number of amides is 1. The zero-order valence-electron chi connectivity index (χ0n) is 14.7. The maximum atomic E-state index is 12.6. The third kappa shape index (κ3) is 3.62. The molecular formula is C21H20N4O. The minimum absolute atomic E-state index is 0.253. The van der Waals surface area contributed by atoms with Gasteiger partial charge in [0.15, 0.2) is 0 Å². The van der Waals surface area contributed by atoms with Gasteiger partial charge >= 0.3 is 0 Å². The fourth-order valence-electron chi connectivity index (χ4n) is 2.61. The molecule has 0 saturated heterocycles. The van der Waals surface area contributed by atoms with Crippen LogP contribution in [0, 0.1) is 19.3 Å². The van der Waals surface area contributed by atoms with Crippen LogP contribution >= 0.6 is 0 Å². The van der Waals surface area contributed by atoms with Crippen molar-refractivity contribution in [2.45, 2.75) is 13.8 Å². The molecule has 3 aromatic rings. The maximum absolute atomic E-state index is 12.6. The van der Waals surface area contributed by atoms with E-state index in [1.807, 2.05) is 56.3 Å². The Labute approximate surface area is 152 Å². The number of aromatic nitrogens is 1. The molecular weight excluding hydrogens is 324 g/mol. The van der Waals surface area contributed by atoms with E-state index in [-0.39, 0.29) is 5.91 Å². The van der Waals surface area contributed by atoms with Crippen molar-refractivity contribution in [3.63, 3.8) is 0 Å². The van der Waals surface area contributed by atoms with Crippen LogP contribution in [0.25, 0.3) is 11.3 Å². The van der Waals surface area contributed by atoms with Gasteiger partial charge < -0.3 is 16.5 Å². The van der Waals surface area contributed by atoms with Gasteiger partial charge in [-0.25, -0.2) is 4.98 Å². The third-order valence-electron chi connectivity index (χ3n) is 4.16. The molecule has 0 fully saturated rings. The van der Waals surface area contributed by atoms with E-state index in [1.54, 1.807) is 12.1 Å². The molecule has 4 N–H and O–H groups in total. The summed E-state index contributed by atoms with van der Waals surface area (Å²) in [6, 6.07) is 16.7. The first-order chi connectivity index (χ1) is 12.5. The number of anilines is 2. The molecule has 0 aliphatic carbocycles. The second-order valence-corrected chi connectivity index (χ2v) is 6.17. The molecule has 0 bridgehead atoms. The van der Waals surface area contributed by atoms with Gasteiger partial charge in [0, 0.05) is 28.7 Å². The molecule has 0 radical (unpaired) electrons. The van der Waals surface area contributed by atoms with E-state index in [2.05, 4.69) is 10.3 Å². The number of nitrogens with zero attached hydrogens (tertiary/aromatic N) is 1. The Morgan fingerprint density at radius 1 is 1.08 bits per heavy atom. The summed E-state index contributed by atoms with van der Waals surface area (Å²) in [4.78, 5) is 17.2. The predicted octanol–water partition coefficient (Wildman–Crippen LogP) is 4.20. The van der Waals surface area contributed by atoms with Crippen LogP contribution in [0.1, 0.15) is 27.2 Å². The van der Waals surface area contributed by atoms with Gasteiger partial charge in [-0.15, -0.1) is 0 Å². The van der Waals surface area contributed by atoms with E-state index in [9.17, 15) is 4.79 Å². The molecule has 130 valence electrons. The van der Waals surface area contributed by atoms with Crippen molar-refractivity contribution in [1.82, 2.24) is 4.98 Å². The molecule has 0 unspecified atom stereocenters. The Morgan fingerprint density at radius 3 is 2.46 bits per heavy atom. The monoisotopic (exact) mass is 344 g/mol. The van der Waals surface area contributed by atoms with Gasteiger partial charge in [-0.2, -0.15) is 0 Å². The van der Waals surface area contributed by atoms with Gasteiger partial charge in [-0.3, -0.25) is 4.79 Å². The van der Waals surface area contributed by atoms with Gasteiger partial charge in [0.2, 0.25) is 0 Å². The fourth-order valence-corrected chi connectivity index (χ4v) is 2.61. The lowest BCUT2D eigenvalue weighted by atomic mass is 10.1. The number of benzene rings is 2. The minimum atomic E-state index is -0.253. The highest BCUT2D eigenvalue weighted by Crippen LogP contribution is 2.23. The van der Waals surface area contributed by atoms with Crippen molar-refractivity contribution in [1.29, 1.82) is 5.41 Å². The van der Waals surface area contributed by atoms with Crippen molar-refractivity contribution < 1.29 is 4.79 Å². The smallest absolute Gasteiger partial charge is 0.274 e. The Balaban J connectivity index is 1.92. The van der Waals surface area contributed by atoms with Gasteiger partial charge in [-0.1, -0.05) is 35.9 Å². The number of pyridine rings is 1. The summed E-state index contributed by atoms with van der Waals surface area (Å²) in [5, 5.41) is 10.2. The summed E-state index contributed by atoms with van der Waals surface area (Å²) >= 11 is 0. The number of hydrogen-bond donors (Lipinski definition) is 3. The molecule has 0 atom stereocenters. The summed E-state index contributed by atoms with van der Waals surface area (Å²) < 4.78 is 0. The van der Waals surface area contributed by atoms with Gasteiger partial charge in [0.05, 0.1) is 5.69 Å². The predicted molar refractivity (Wildman–Crippen MR) is 106 cm³/mol. The first-order valence-electron chi connectivity index (χ1n) is 8.24. The molecule has 26 heavy (non-hydrogen) atoms. The zero-order valence-corrected chi connectivity index (χ0v) is 14.7. The number of aryl methyl sites for hydroxylation is 2. The zero-order chi connectivity index (χ0) is 18.7. The number of carbonyl (C=O) groups is 1. The van der Waals surface area contributed by atoms with Crippen LogP contribution in [0.15, 0.2) is 54.6 Å². The van der Waals surface area contributed by atoms with Gasteiger partial charge in [-0.05, 0) is 43.7 Å². The summed E-state index contributed by atoms with van der Waals surface area (Å²) in [6.07, 6.45) is 1.21. The maximum Gasteiger partial charge on any atom is 0.274 e. The number of nitrogens with one attached hydrogen (secondary N) is 2. The molecule has 2 aromatic carbocycles. The van der Waals surface area contributed by atoms with Gasteiger partial charge in [0.1, 0.15) is 5.69 Å². The van der Waals surface area contributed by atoms with Crippen molar-refractivity contribution in [3.05, 3.63) is 77.0 Å². The van der Waals surface area contributed by atoms with Crippen molar-refractivity contribution >= 4 is 23.5 Å². The van der Waals surface area contributed by atoms with Crippen molar-refractivity contribution in [3.8, 4) is 11.3 Å². The van der Waals surface area contributed by atoms with Crippen LogP contribution < -0.4 is 11.1 Å². The first kappa shape index (κ1) is 17.4. The lowest BCUT2D eigenvalue weighted by Crippen LogP contribution is -2.15. The van der Waals surface area contributed by atoms with E-state index in [0.717, 1.165) is 22.4 Å². The van der Waals surface area contributed by atoms with E-state index in [1.165, 1.54) is 6.21 Å². The lowest BCUT2D eigenvalue weighted by molar-refractivity contribution is 0.102. The van der Waals surface area contributed by atoms with Crippen LogP contribution in [0.2, 0.25) is 0 Å². The van der Waals surface area contributed by atoms with E-state index in [0.29, 0.717) is 22.6 Å². The largest absolute Gasteiger partial charge is 0.398 e. The van der Waals surface area contributed by atoms with Crippen LogP contribution in [-0.2, 0) is 0 Å². The highest BCUT2D eigenvalue weighted by Gasteiger charge is 2.13. The molecule has 0 saturated carbocycles. The third-order valence-corrected chi connectivity index (χ3v) is 4.16. The van der Waals surface area contributed by atoms with Crippen LogP contribution in [-0.4, -0.2) is 17.1 Å². The van der Waals surface area contributed by atoms with Crippen molar-refractivity contribution in [2.75, 3.05) is 11.1 Å². The number of carbonyl (C=O) groups excluding carboxylic acids is 1. The molecule has 5 nitrogen and oxygen atoms in total. The molecule has 0 aliphatic rings. The number of hydrogen-bond acceptors (Lipinski definition) is 4.